The van der Waals surface area contributed by atoms with Crippen molar-refractivity contribution in [2.45, 2.75) is 135 Å². The van der Waals surface area contributed by atoms with Gasteiger partial charge < -0.3 is 66.9 Å². The number of amides is 8. The second kappa shape index (κ2) is 34.2. The minimum absolute atomic E-state index is 0.0145. The number of nitrogens with one attached hydrogen (secondary N) is 7. The second-order valence-corrected chi connectivity index (χ2v) is 28.9. The maximum Gasteiger partial charge on any atom is 0.399 e. The molecule has 0 bridgehead atoms. The largest absolute Gasteiger partial charge is 0.504 e. The molecule has 6 unspecified atom stereocenters. The minimum Gasteiger partial charge on any atom is -0.504 e. The number of likely N-dealkylation sites (tertiary alicyclic amines) is 1. The maximum absolute atomic E-state index is 14.9. The van der Waals surface area contributed by atoms with Crippen molar-refractivity contribution < 1.29 is 76.4 Å². The summed E-state index contributed by atoms with van der Waals surface area (Å²) in [6, 6.07) is 29.0. The van der Waals surface area contributed by atoms with E-state index >= 15 is 0 Å². The van der Waals surface area contributed by atoms with Gasteiger partial charge in [-0.25, -0.2) is 4.98 Å². The summed E-state index contributed by atoms with van der Waals surface area (Å²) < 4.78 is 47.5. The molecule has 100 heavy (non-hydrogen) atoms. The number of aliphatic hydroxyl groups excluding tert-OH is 1. The number of aryl methyl sites for hydroxylation is 2. The molecule has 0 radical (unpaired) electrons. The maximum atomic E-state index is 14.9. The van der Waals surface area contributed by atoms with Gasteiger partial charge in [-0.2, -0.15) is 8.78 Å². The standard InChI is InChI=1S/C72H81BrF2N9O14PS/c1-42-15-23-51(36-54(42)73)64(88)76-31-11-10-14-55(81-68(92)57(33-45-20-28-52(29-21-45)72(74,75)99(95,96)97)82-67(91)56(32-44-12-8-7-9-13-44)80-61(87)35-48-22-30-59(86)60(34-48)98-6)66(90)77-38-47-18-26-50(27-19-47)65(89)83-63(71(3,4)5)70(94)84-40-53(85)37-58(84)69(93)78-39-46-16-24-49(25-17-46)62-43(2)79-41-100-62/h7-9,12-13,15-30,34,36,41,53,55-58,63,85-86H,10-11,14,31-33,35,37-40H2,1-6H3,(H,76,88)(H,77,90)(H,78,93)(H,80,87)(H,81,92)(H,82,91)(H,83,89)(H2,95,96,97). The number of phenols is 1. The smallest absolute Gasteiger partial charge is 0.399 e. The Hall–Kier alpha value is -9.24. The number of carbonyl (C=O) groups excluding carboxylic acids is 8. The normalized spacial score (nSPS) is 15.1. The molecule has 0 spiro atoms. The number of aromatic hydroxyl groups is 1. The van der Waals surface area contributed by atoms with Gasteiger partial charge in [-0.3, -0.25) is 42.9 Å². The number of aromatic nitrogens is 1. The van der Waals surface area contributed by atoms with Crippen LogP contribution in [0, 0.1) is 19.3 Å². The van der Waals surface area contributed by atoms with Gasteiger partial charge in [0.15, 0.2) is 11.5 Å². The number of nitrogens with zero attached hydrogens (tertiary/aromatic N) is 2. The van der Waals surface area contributed by atoms with Crippen molar-refractivity contribution in [2.75, 3.05) is 20.2 Å². The average molecular weight is 1480 g/mol. The van der Waals surface area contributed by atoms with E-state index in [1.54, 1.807) is 86.9 Å². The number of benzene rings is 6. The lowest BCUT2D eigenvalue weighted by molar-refractivity contribution is -0.142. The molecule has 6 aromatic carbocycles. The molecule has 1 aromatic heterocycles. The molecule has 7 aromatic rings. The minimum atomic E-state index is -5.99. The summed E-state index contributed by atoms with van der Waals surface area (Å²) in [4.78, 5) is 139. The molecule has 2 heterocycles. The summed E-state index contributed by atoms with van der Waals surface area (Å²) in [5, 5.41) is 40.6. The highest BCUT2D eigenvalue weighted by molar-refractivity contribution is 9.10. The van der Waals surface area contributed by atoms with Gasteiger partial charge in [0.25, 0.3) is 11.8 Å². The van der Waals surface area contributed by atoms with E-state index in [1.165, 1.54) is 53.7 Å². The van der Waals surface area contributed by atoms with E-state index in [-0.39, 0.29) is 86.8 Å². The Morgan fingerprint density at radius 1 is 0.690 bits per heavy atom. The van der Waals surface area contributed by atoms with Gasteiger partial charge in [-0.1, -0.05) is 140 Å². The number of hydrogen-bond acceptors (Lipinski definition) is 14. The number of carbonyl (C=O) groups is 8. The Labute approximate surface area is 590 Å². The SMILES string of the molecule is COc1cc(CC(=O)NC(Cc2ccccc2)C(=O)NC(Cc2ccc(C(F)(F)P(=O)(O)O)cc2)C(=O)NC(CCCCNC(=O)c2ccc(C)c(Br)c2)C(=O)NCc2ccc(C(=O)NC(C(=O)N3CC(O)CC3C(=O)NCc3ccc(-c4scnc4C)cc3)C(C)(C)C)cc2)ccc1O. The summed E-state index contributed by atoms with van der Waals surface area (Å²) in [5.41, 5.74) is 1.09. The van der Waals surface area contributed by atoms with Crippen LogP contribution in [-0.4, -0.2) is 134 Å². The molecular formula is C72H81BrF2N9O14PS. The van der Waals surface area contributed by atoms with Crippen molar-refractivity contribution in [1.29, 1.82) is 0 Å². The zero-order chi connectivity index (χ0) is 72.6. The van der Waals surface area contributed by atoms with E-state index in [0.717, 1.165) is 56.0 Å². The van der Waals surface area contributed by atoms with E-state index in [9.17, 15) is 71.7 Å². The number of aliphatic hydroxyl groups is 1. The lowest BCUT2D eigenvalue weighted by Crippen LogP contribution is -2.57. The molecule has 6 atom stereocenters. The van der Waals surface area contributed by atoms with Gasteiger partial charge in [0.1, 0.15) is 30.2 Å². The van der Waals surface area contributed by atoms with Crippen molar-refractivity contribution >= 4 is 82.1 Å². The number of β-amino-alcohol motifs (C(OH)–C–C–N with tert-alkyl or cyclic N) is 1. The zero-order valence-electron chi connectivity index (χ0n) is 55.9. The fourth-order valence-electron chi connectivity index (χ4n) is 11.2. The van der Waals surface area contributed by atoms with Gasteiger partial charge in [0.05, 0.1) is 35.7 Å². The Balaban J connectivity index is 0.981. The van der Waals surface area contributed by atoms with Crippen molar-refractivity contribution in [3.05, 3.63) is 205 Å². The summed E-state index contributed by atoms with van der Waals surface area (Å²) >= 11 is 4.97. The Morgan fingerprint density at radius 3 is 1.89 bits per heavy atom. The molecule has 1 aliphatic rings. The van der Waals surface area contributed by atoms with Crippen LogP contribution in [0.15, 0.2) is 150 Å². The van der Waals surface area contributed by atoms with Crippen LogP contribution in [0.5, 0.6) is 11.5 Å². The Morgan fingerprint density at radius 2 is 1.28 bits per heavy atom. The van der Waals surface area contributed by atoms with Crippen molar-refractivity contribution in [3.8, 4) is 21.9 Å². The molecule has 23 nitrogen and oxygen atoms in total. The first-order valence-corrected chi connectivity index (χ1v) is 35.5. The molecule has 530 valence electrons. The Bertz CT molecular complexity index is 4120. The molecule has 1 saturated heterocycles. The molecule has 1 fully saturated rings. The van der Waals surface area contributed by atoms with Crippen LogP contribution in [0.25, 0.3) is 10.4 Å². The van der Waals surface area contributed by atoms with Crippen LogP contribution in [0.3, 0.4) is 0 Å². The highest BCUT2D eigenvalue weighted by atomic mass is 79.9. The van der Waals surface area contributed by atoms with E-state index in [0.29, 0.717) is 28.7 Å². The van der Waals surface area contributed by atoms with Gasteiger partial charge in [0, 0.05) is 66.6 Å². The summed E-state index contributed by atoms with van der Waals surface area (Å²) in [6.45, 7) is 9.10. The van der Waals surface area contributed by atoms with Crippen LogP contribution in [0.4, 0.5) is 8.78 Å². The predicted molar refractivity (Wildman–Crippen MR) is 375 cm³/mol. The third-order valence-electron chi connectivity index (χ3n) is 16.9. The lowest BCUT2D eigenvalue weighted by Gasteiger charge is -2.35. The zero-order valence-corrected chi connectivity index (χ0v) is 59.2. The number of ether oxygens (including phenoxy) is 1. The molecule has 1 aliphatic heterocycles. The van der Waals surface area contributed by atoms with E-state index < -0.39 is 108 Å². The average Bonchev–Trinajstić information content (AvgIpc) is 1.33. The van der Waals surface area contributed by atoms with E-state index in [2.05, 4.69) is 58.1 Å². The number of phenolic OH excluding ortho intramolecular Hbond substituents is 1. The van der Waals surface area contributed by atoms with Crippen LogP contribution in [0.1, 0.15) is 112 Å². The molecular weight excluding hydrogens is 1400 g/mol. The molecule has 0 saturated carbocycles. The van der Waals surface area contributed by atoms with Gasteiger partial charge >= 0.3 is 13.3 Å². The predicted octanol–water partition coefficient (Wildman–Crippen LogP) is 7.95. The van der Waals surface area contributed by atoms with Crippen molar-refractivity contribution in [3.63, 3.8) is 0 Å². The number of thiazole rings is 1. The van der Waals surface area contributed by atoms with Crippen LogP contribution >= 0.6 is 34.9 Å². The van der Waals surface area contributed by atoms with Crippen LogP contribution < -0.4 is 42.0 Å². The lowest BCUT2D eigenvalue weighted by atomic mass is 9.85. The highest BCUT2D eigenvalue weighted by Gasteiger charge is 2.50. The number of methoxy groups -OCH3 is 1. The first-order valence-electron chi connectivity index (χ1n) is 32.2. The molecule has 8 amide bonds. The van der Waals surface area contributed by atoms with Gasteiger partial charge in [0.2, 0.25) is 35.4 Å². The third-order valence-corrected chi connectivity index (χ3v) is 19.7. The fraction of sp³-hybridized carbons (Fsp3) is 0.347. The number of hydrogen-bond donors (Lipinski definition) is 11. The van der Waals surface area contributed by atoms with Gasteiger partial charge in [-0.05, 0) is 114 Å². The van der Waals surface area contributed by atoms with Crippen molar-refractivity contribution in [2.24, 2.45) is 5.41 Å². The molecule has 0 aliphatic carbocycles. The van der Waals surface area contributed by atoms with Crippen molar-refractivity contribution in [1.82, 2.24) is 47.1 Å². The van der Waals surface area contributed by atoms with E-state index in [4.69, 9.17) is 4.74 Å². The van der Waals surface area contributed by atoms with Crippen LogP contribution in [-0.2, 0) is 71.3 Å². The number of halogens is 3. The van der Waals surface area contributed by atoms with E-state index in [1.807, 2.05) is 38.1 Å². The second-order valence-electron chi connectivity index (χ2n) is 25.6. The molecule has 8 rings (SSSR count). The fourth-order valence-corrected chi connectivity index (χ4v) is 12.9. The molecule has 28 heteroatoms. The van der Waals surface area contributed by atoms with Gasteiger partial charge in [-0.15, -0.1) is 11.3 Å². The third kappa shape index (κ3) is 20.7. The summed E-state index contributed by atoms with van der Waals surface area (Å²) in [7, 11) is -4.65. The van der Waals surface area contributed by atoms with Crippen LogP contribution in [0.2, 0.25) is 0 Å². The molecule has 11 N–H and O–H groups in total. The Kier molecular flexibility index (Phi) is 26.2. The monoisotopic (exact) mass is 1480 g/mol. The topological polar surface area (TPSA) is 344 Å². The summed E-state index contributed by atoms with van der Waals surface area (Å²) in [6.07, 6.45) is -1.32. The summed E-state index contributed by atoms with van der Waals surface area (Å²) in [5.74, 6) is -5.27. The first kappa shape index (κ1) is 76.5. The number of unbranched alkanes of at least 4 members (excludes halogenated alkanes) is 1. The number of rotatable bonds is 30. The quantitative estimate of drug-likeness (QED) is 0.0150. The first-order chi connectivity index (χ1) is 47.4. The number of alkyl halides is 2. The highest BCUT2D eigenvalue weighted by Crippen LogP contribution is 2.59.